The van der Waals surface area contributed by atoms with Gasteiger partial charge in [0.1, 0.15) is 0 Å². The topological polar surface area (TPSA) is 97.5 Å². The van der Waals surface area contributed by atoms with Gasteiger partial charge in [-0.2, -0.15) is 0 Å². The molecule has 12 heteroatoms. The molecule has 2 aromatic rings. The van der Waals surface area contributed by atoms with E-state index in [9.17, 15) is 14.4 Å². The van der Waals surface area contributed by atoms with Crippen LogP contribution in [0.2, 0.25) is 0 Å². The molecule has 0 spiro atoms. The van der Waals surface area contributed by atoms with Gasteiger partial charge in [-0.3, -0.25) is 9.69 Å². The predicted molar refractivity (Wildman–Crippen MR) is 185 cm³/mol. The van der Waals surface area contributed by atoms with E-state index in [4.69, 9.17) is 4.74 Å². The van der Waals surface area contributed by atoms with Crippen molar-refractivity contribution in [1.82, 2.24) is 24.9 Å². The fourth-order valence-corrected chi connectivity index (χ4v) is 7.91. The second-order valence-corrected chi connectivity index (χ2v) is 14.5. The van der Waals surface area contributed by atoms with Crippen LogP contribution in [0.15, 0.2) is 51.4 Å². The summed E-state index contributed by atoms with van der Waals surface area (Å²) < 4.78 is 7.87. The van der Waals surface area contributed by atoms with E-state index >= 15 is 0 Å². The number of fused-ring (bicyclic) bond motifs is 1. The number of hydrogen-bond acceptors (Lipinski definition) is 6. The Morgan fingerprint density at radius 3 is 2.37 bits per heavy atom. The summed E-state index contributed by atoms with van der Waals surface area (Å²) in [7, 11) is 0. The summed E-state index contributed by atoms with van der Waals surface area (Å²) in [6, 6.07) is 14.2. The number of piperidine rings is 2. The number of ether oxygens (including phenoxy) is 1. The smallest absolute Gasteiger partial charge is 0.410 e. The van der Waals surface area contributed by atoms with Crippen LogP contribution >= 0.6 is 31.9 Å². The number of rotatable bonds is 6. The Labute approximate surface area is 288 Å². The Kier molecular flexibility index (Phi) is 11.2. The van der Waals surface area contributed by atoms with Gasteiger partial charge in [0.25, 0.3) is 5.91 Å². The molecule has 4 aliphatic heterocycles. The molecule has 3 fully saturated rings. The largest absolute Gasteiger partial charge is 0.436 e. The van der Waals surface area contributed by atoms with Crippen LogP contribution in [0.3, 0.4) is 0 Å². The summed E-state index contributed by atoms with van der Waals surface area (Å²) in [5.41, 5.74) is 2.92. The summed E-state index contributed by atoms with van der Waals surface area (Å²) >= 11 is 7.09. The average Bonchev–Trinajstić information content (AvgIpc) is 3.45. The van der Waals surface area contributed by atoms with E-state index in [2.05, 4.69) is 53.5 Å². The number of para-hydroxylation sites is 1. The third kappa shape index (κ3) is 8.06. The Hall–Kier alpha value is -2.67. The summed E-state index contributed by atoms with van der Waals surface area (Å²) in [6.07, 6.45) is 4.06. The molecule has 6 rings (SSSR count). The van der Waals surface area contributed by atoms with Crippen molar-refractivity contribution in [2.24, 2.45) is 0 Å². The highest BCUT2D eigenvalue weighted by molar-refractivity contribution is 9.13. The normalized spacial score (nSPS) is 21.2. The van der Waals surface area contributed by atoms with Crippen molar-refractivity contribution in [3.8, 4) is 0 Å². The number of amides is 4. The highest BCUT2D eigenvalue weighted by Crippen LogP contribution is 2.27. The number of nitrogens with one attached hydrogen (secondary N) is 2. The molecule has 0 unspecified atom stereocenters. The van der Waals surface area contributed by atoms with Crippen LogP contribution in [0.5, 0.6) is 0 Å². The third-order valence-corrected chi connectivity index (χ3v) is 11.8. The zero-order chi connectivity index (χ0) is 32.0. The van der Waals surface area contributed by atoms with Crippen molar-refractivity contribution in [2.75, 3.05) is 64.2 Å². The molecule has 2 aromatic carbocycles. The highest BCUT2D eigenvalue weighted by atomic mass is 79.9. The first-order valence-electron chi connectivity index (χ1n) is 16.6. The van der Waals surface area contributed by atoms with Crippen molar-refractivity contribution in [1.29, 1.82) is 0 Å². The molecule has 248 valence electrons. The molecule has 0 saturated carbocycles. The fourth-order valence-electron chi connectivity index (χ4n) is 7.24. The van der Waals surface area contributed by atoms with Crippen molar-refractivity contribution >= 4 is 55.6 Å². The maximum atomic E-state index is 14.0. The summed E-state index contributed by atoms with van der Waals surface area (Å²) in [5.74, 6) is -0.126. The maximum absolute atomic E-state index is 14.0. The van der Waals surface area contributed by atoms with Gasteiger partial charge in [-0.15, -0.1) is 0 Å². The van der Waals surface area contributed by atoms with Crippen LogP contribution in [0.25, 0.3) is 0 Å². The molecule has 4 aliphatic rings. The lowest BCUT2D eigenvalue weighted by Crippen LogP contribution is -2.52. The average molecular weight is 761 g/mol. The number of benzene rings is 2. The Bertz CT molecular complexity index is 1390. The minimum Gasteiger partial charge on any atom is -0.436 e. The Morgan fingerprint density at radius 1 is 0.848 bits per heavy atom. The van der Waals surface area contributed by atoms with E-state index in [0.717, 1.165) is 77.6 Å². The minimum atomic E-state index is -0.910. The number of likely N-dealkylation sites (tertiary alicyclic amines) is 2. The Morgan fingerprint density at radius 2 is 1.59 bits per heavy atom. The summed E-state index contributed by atoms with van der Waals surface area (Å²) in [5, 5.41) is 6.53. The second-order valence-electron chi connectivity index (χ2n) is 12.8. The molecule has 1 atom stereocenters. The molecule has 3 saturated heterocycles. The lowest BCUT2D eigenvalue weighted by molar-refractivity contribution is -0.142. The molecular formula is C34H44Br2N6O4. The number of urea groups is 1. The van der Waals surface area contributed by atoms with E-state index in [1.807, 2.05) is 46.2 Å². The van der Waals surface area contributed by atoms with E-state index in [1.165, 1.54) is 0 Å². The first-order chi connectivity index (χ1) is 22.4. The molecular weight excluding hydrogens is 716 g/mol. The molecule has 0 aromatic heterocycles. The molecule has 0 bridgehead atoms. The van der Waals surface area contributed by atoms with Crippen molar-refractivity contribution in [2.45, 2.75) is 63.1 Å². The molecule has 46 heavy (non-hydrogen) atoms. The number of carbonyl (C=O) groups excluding carboxylic acids is 3. The molecule has 4 heterocycles. The van der Waals surface area contributed by atoms with E-state index in [1.54, 1.807) is 4.90 Å². The highest BCUT2D eigenvalue weighted by Gasteiger charge is 2.36. The van der Waals surface area contributed by atoms with Gasteiger partial charge >= 0.3 is 12.1 Å². The zero-order valence-corrected chi connectivity index (χ0v) is 29.4. The third-order valence-electron chi connectivity index (χ3n) is 9.90. The van der Waals surface area contributed by atoms with Crippen LogP contribution in [-0.2, 0) is 22.4 Å². The standard InChI is InChI=1S/C34H44Br2N6O4/c35-28-7-6-24(22-29(28)36)23-31(32(43)40-16-9-26(10-17-40)39-15-3-13-37-14-21-39)46-34(45)41-18-11-27(12-19-41)42-20-8-25-4-1-2-5-30(25)38-33(42)44/h1-2,4-7,22,26-27,31,37H,3,8-21,23H2,(H,38,44)/t31-/m1/s1. The van der Waals surface area contributed by atoms with Crippen LogP contribution in [0, 0.1) is 0 Å². The van der Waals surface area contributed by atoms with Gasteiger partial charge in [0.15, 0.2) is 6.10 Å². The molecule has 2 N–H and O–H groups in total. The number of carbonyl (C=O) groups is 3. The summed E-state index contributed by atoms with van der Waals surface area (Å²) in [4.78, 5) is 48.6. The first kappa shape index (κ1) is 33.2. The van der Waals surface area contributed by atoms with Gasteiger partial charge in [-0.25, -0.2) is 9.59 Å². The molecule has 0 radical (unpaired) electrons. The van der Waals surface area contributed by atoms with Crippen LogP contribution in [-0.4, -0.2) is 115 Å². The second kappa shape index (κ2) is 15.5. The van der Waals surface area contributed by atoms with Gasteiger partial charge in [-0.1, -0.05) is 24.3 Å². The Balaban J connectivity index is 1.07. The van der Waals surface area contributed by atoms with Crippen molar-refractivity contribution in [3.05, 3.63) is 62.5 Å². The molecule has 4 amide bonds. The molecule has 0 aliphatic carbocycles. The number of hydrogen-bond donors (Lipinski definition) is 2. The molecule has 10 nitrogen and oxygen atoms in total. The van der Waals surface area contributed by atoms with Crippen LogP contribution in [0.4, 0.5) is 15.3 Å². The van der Waals surface area contributed by atoms with E-state index < -0.39 is 12.2 Å². The van der Waals surface area contributed by atoms with Crippen LogP contribution in [0.1, 0.15) is 43.2 Å². The van der Waals surface area contributed by atoms with Crippen molar-refractivity contribution < 1.29 is 19.1 Å². The van der Waals surface area contributed by atoms with Gasteiger partial charge in [0.2, 0.25) is 0 Å². The van der Waals surface area contributed by atoms with Gasteiger partial charge in [0, 0.05) is 79.0 Å². The number of halogens is 2. The van der Waals surface area contributed by atoms with Gasteiger partial charge < -0.3 is 30.1 Å². The van der Waals surface area contributed by atoms with E-state index in [0.29, 0.717) is 58.0 Å². The monoisotopic (exact) mass is 758 g/mol. The van der Waals surface area contributed by atoms with Crippen molar-refractivity contribution in [3.63, 3.8) is 0 Å². The lowest BCUT2D eigenvalue weighted by Gasteiger charge is -2.40. The number of anilines is 1. The van der Waals surface area contributed by atoms with Gasteiger partial charge in [0.05, 0.1) is 0 Å². The fraction of sp³-hybridized carbons (Fsp3) is 0.559. The zero-order valence-electron chi connectivity index (χ0n) is 26.3. The minimum absolute atomic E-state index is 0.0391. The summed E-state index contributed by atoms with van der Waals surface area (Å²) in [6.45, 7) is 7.13. The van der Waals surface area contributed by atoms with Crippen LogP contribution < -0.4 is 10.6 Å². The maximum Gasteiger partial charge on any atom is 0.410 e. The first-order valence-corrected chi connectivity index (χ1v) is 18.2. The lowest BCUT2D eigenvalue weighted by atomic mass is 10.0. The SMILES string of the molecule is O=C(O[C@H](Cc1ccc(Br)c(Br)c1)C(=O)N1CCC(N2CCCNCC2)CC1)N1CCC(N2CCc3ccccc3NC2=O)CC1. The number of nitrogens with zero attached hydrogens (tertiary/aromatic N) is 4. The quantitative estimate of drug-likeness (QED) is 0.426. The van der Waals surface area contributed by atoms with Gasteiger partial charge in [-0.05, 0) is 113 Å². The predicted octanol–water partition coefficient (Wildman–Crippen LogP) is 5.10. The van der Waals surface area contributed by atoms with E-state index in [-0.39, 0.29) is 18.0 Å².